The molecule has 0 bridgehead atoms. The quantitative estimate of drug-likeness (QED) is 0.461. The van der Waals surface area contributed by atoms with Gasteiger partial charge in [0.2, 0.25) is 21.1 Å². The molecule has 0 aliphatic heterocycles. The molecule has 1 heterocycles. The van der Waals surface area contributed by atoms with Crippen LogP contribution in [0.3, 0.4) is 0 Å². The van der Waals surface area contributed by atoms with Gasteiger partial charge in [0.15, 0.2) is 0 Å². The summed E-state index contributed by atoms with van der Waals surface area (Å²) in [4.78, 5) is 12.9. The Balaban J connectivity index is 1.62. The fourth-order valence-corrected chi connectivity index (χ4v) is 4.73. The normalized spacial score (nSPS) is 12.5. The zero-order valence-corrected chi connectivity index (χ0v) is 17.4. The molecular formula is C21H18N4O3S2. The smallest absolute Gasteiger partial charge is 0.244 e. The Kier molecular flexibility index (Phi) is 5.84. The molecule has 0 radical (unpaired) electrons. The lowest BCUT2D eigenvalue weighted by Gasteiger charge is -2.18. The monoisotopic (exact) mass is 438 g/mol. The van der Waals surface area contributed by atoms with E-state index in [0.717, 1.165) is 27.7 Å². The summed E-state index contributed by atoms with van der Waals surface area (Å²) in [6, 6.07) is 20.6. The van der Waals surface area contributed by atoms with E-state index >= 15 is 0 Å². The lowest BCUT2D eigenvalue weighted by Crippen LogP contribution is -2.45. The molecular weight excluding hydrogens is 420 g/mol. The molecule has 0 aliphatic rings. The Labute approximate surface area is 177 Å². The third kappa shape index (κ3) is 4.70. The zero-order chi connectivity index (χ0) is 21.0. The first-order valence-electron chi connectivity index (χ1n) is 9.13. The van der Waals surface area contributed by atoms with E-state index < -0.39 is 22.0 Å². The number of benzene rings is 3. The van der Waals surface area contributed by atoms with Gasteiger partial charge in [-0.3, -0.25) is 10.1 Å². The molecule has 152 valence electrons. The second-order valence-corrected chi connectivity index (χ2v) is 9.15. The molecule has 30 heavy (non-hydrogen) atoms. The highest BCUT2D eigenvalue weighted by Crippen LogP contribution is 2.20. The van der Waals surface area contributed by atoms with Crippen molar-refractivity contribution >= 4 is 43.2 Å². The third-order valence-corrected chi connectivity index (χ3v) is 6.59. The molecule has 4 aromatic rings. The number of nitrogens with one attached hydrogen (secondary N) is 2. The molecule has 0 saturated heterocycles. The van der Waals surface area contributed by atoms with Gasteiger partial charge < -0.3 is 0 Å². The van der Waals surface area contributed by atoms with Gasteiger partial charge >= 0.3 is 0 Å². The first kappa shape index (κ1) is 20.1. The molecule has 3 aromatic carbocycles. The molecule has 1 atom stereocenters. The Morgan fingerprint density at radius 1 is 0.967 bits per heavy atom. The van der Waals surface area contributed by atoms with Crippen molar-refractivity contribution in [2.24, 2.45) is 0 Å². The molecule has 1 aromatic heterocycles. The summed E-state index contributed by atoms with van der Waals surface area (Å²) in [5.74, 6) is -0.500. The van der Waals surface area contributed by atoms with Gasteiger partial charge in [0, 0.05) is 0 Å². The van der Waals surface area contributed by atoms with Crippen LogP contribution in [0.25, 0.3) is 10.8 Å². The van der Waals surface area contributed by atoms with Gasteiger partial charge in [-0.25, -0.2) is 8.42 Å². The van der Waals surface area contributed by atoms with E-state index in [-0.39, 0.29) is 11.3 Å². The number of sulfonamides is 1. The highest BCUT2D eigenvalue weighted by Gasteiger charge is 2.27. The number of hydrogen-bond donors (Lipinski definition) is 2. The maximum absolute atomic E-state index is 13.1. The Hall–Kier alpha value is -3.14. The third-order valence-electron chi connectivity index (χ3n) is 4.52. The average molecular weight is 439 g/mol. The van der Waals surface area contributed by atoms with E-state index in [0.29, 0.717) is 5.13 Å². The fourth-order valence-electron chi connectivity index (χ4n) is 3.05. The maximum Gasteiger partial charge on any atom is 0.244 e. The van der Waals surface area contributed by atoms with Gasteiger partial charge in [-0.05, 0) is 34.9 Å². The van der Waals surface area contributed by atoms with Gasteiger partial charge in [0.25, 0.3) is 0 Å². The molecule has 0 fully saturated rings. The summed E-state index contributed by atoms with van der Waals surface area (Å²) in [7, 11) is -3.94. The van der Waals surface area contributed by atoms with Crippen molar-refractivity contribution in [1.82, 2.24) is 14.9 Å². The van der Waals surface area contributed by atoms with Gasteiger partial charge in [-0.2, -0.15) is 4.72 Å². The van der Waals surface area contributed by atoms with Crippen molar-refractivity contribution in [3.8, 4) is 0 Å². The van der Waals surface area contributed by atoms with Crippen molar-refractivity contribution in [2.75, 3.05) is 5.32 Å². The van der Waals surface area contributed by atoms with Gasteiger partial charge in [-0.15, -0.1) is 10.2 Å². The van der Waals surface area contributed by atoms with Crippen molar-refractivity contribution in [3.63, 3.8) is 0 Å². The molecule has 0 spiro atoms. The number of amides is 1. The minimum atomic E-state index is -3.94. The molecule has 1 amide bonds. The predicted molar refractivity (Wildman–Crippen MR) is 117 cm³/mol. The molecule has 4 rings (SSSR count). The summed E-state index contributed by atoms with van der Waals surface area (Å²) in [5, 5.41) is 12.2. The molecule has 7 nitrogen and oxygen atoms in total. The van der Waals surface area contributed by atoms with Crippen LogP contribution in [0.15, 0.2) is 83.2 Å². The van der Waals surface area contributed by atoms with E-state index in [9.17, 15) is 13.2 Å². The van der Waals surface area contributed by atoms with E-state index in [1.54, 1.807) is 12.1 Å². The SMILES string of the molecule is O=C(Nc1nncs1)C(Cc1ccccc1)NS(=O)(=O)c1ccc2ccccc2c1. The largest absolute Gasteiger partial charge is 0.299 e. The van der Waals surface area contributed by atoms with Crippen molar-refractivity contribution in [3.05, 3.63) is 83.9 Å². The second kappa shape index (κ2) is 8.70. The fraction of sp³-hybridized carbons (Fsp3) is 0.0952. The summed E-state index contributed by atoms with van der Waals surface area (Å²) in [6.45, 7) is 0. The number of aromatic nitrogens is 2. The lowest BCUT2D eigenvalue weighted by molar-refractivity contribution is -0.117. The molecule has 2 N–H and O–H groups in total. The van der Waals surface area contributed by atoms with Crippen LogP contribution < -0.4 is 10.0 Å². The summed E-state index contributed by atoms with van der Waals surface area (Å²) >= 11 is 1.16. The number of carbonyl (C=O) groups is 1. The van der Waals surface area contributed by atoms with E-state index in [4.69, 9.17) is 0 Å². The van der Waals surface area contributed by atoms with Gasteiger partial charge in [0.1, 0.15) is 11.6 Å². The van der Waals surface area contributed by atoms with Crippen LogP contribution in [0.4, 0.5) is 5.13 Å². The van der Waals surface area contributed by atoms with E-state index in [1.807, 2.05) is 54.6 Å². The number of rotatable bonds is 7. The Bertz CT molecular complexity index is 1260. The van der Waals surface area contributed by atoms with Crippen LogP contribution in [0.2, 0.25) is 0 Å². The average Bonchev–Trinajstić information content (AvgIpc) is 3.26. The minimum Gasteiger partial charge on any atom is -0.299 e. The number of anilines is 1. The lowest BCUT2D eigenvalue weighted by atomic mass is 10.1. The number of hydrogen-bond acceptors (Lipinski definition) is 6. The van der Waals surface area contributed by atoms with Crippen molar-refractivity contribution in [2.45, 2.75) is 17.4 Å². The Morgan fingerprint density at radius 3 is 2.43 bits per heavy atom. The van der Waals surface area contributed by atoms with Crippen LogP contribution >= 0.6 is 11.3 Å². The molecule has 9 heteroatoms. The highest BCUT2D eigenvalue weighted by atomic mass is 32.2. The Morgan fingerprint density at radius 2 is 1.70 bits per heavy atom. The molecule has 0 aliphatic carbocycles. The van der Waals surface area contributed by atoms with Crippen LogP contribution in [-0.2, 0) is 21.2 Å². The van der Waals surface area contributed by atoms with Crippen LogP contribution in [0.1, 0.15) is 5.56 Å². The van der Waals surface area contributed by atoms with Crippen LogP contribution in [-0.4, -0.2) is 30.6 Å². The number of fused-ring (bicyclic) bond motifs is 1. The van der Waals surface area contributed by atoms with E-state index in [1.165, 1.54) is 11.6 Å². The predicted octanol–water partition coefficient (Wildman–Crippen LogP) is 3.22. The van der Waals surface area contributed by atoms with Gasteiger partial charge in [-0.1, -0.05) is 72.0 Å². The standard InChI is InChI=1S/C21H18N4O3S2/c26-20(23-21-24-22-14-29-21)19(12-15-6-2-1-3-7-15)25-30(27,28)18-11-10-16-8-4-5-9-17(16)13-18/h1-11,13-14,19,25H,12H2,(H,23,24,26). The first-order chi connectivity index (χ1) is 14.5. The van der Waals surface area contributed by atoms with Crippen LogP contribution in [0, 0.1) is 0 Å². The summed E-state index contributed by atoms with van der Waals surface area (Å²) in [5.41, 5.74) is 2.32. The van der Waals surface area contributed by atoms with Crippen molar-refractivity contribution < 1.29 is 13.2 Å². The van der Waals surface area contributed by atoms with Crippen LogP contribution in [0.5, 0.6) is 0 Å². The molecule has 0 saturated carbocycles. The van der Waals surface area contributed by atoms with Crippen molar-refractivity contribution in [1.29, 1.82) is 0 Å². The van der Waals surface area contributed by atoms with Gasteiger partial charge in [0.05, 0.1) is 4.90 Å². The highest BCUT2D eigenvalue weighted by molar-refractivity contribution is 7.89. The topological polar surface area (TPSA) is 101 Å². The summed E-state index contributed by atoms with van der Waals surface area (Å²) in [6.07, 6.45) is 0.193. The zero-order valence-electron chi connectivity index (χ0n) is 15.7. The number of nitrogens with zero attached hydrogens (tertiary/aromatic N) is 2. The first-order valence-corrected chi connectivity index (χ1v) is 11.5. The summed E-state index contributed by atoms with van der Waals surface area (Å²) < 4.78 is 28.7. The minimum absolute atomic E-state index is 0.1000. The number of carbonyl (C=O) groups excluding carboxylic acids is 1. The maximum atomic E-state index is 13.1. The molecule has 1 unspecified atom stereocenters. The van der Waals surface area contributed by atoms with E-state index in [2.05, 4.69) is 20.2 Å². The second-order valence-electron chi connectivity index (χ2n) is 6.61.